The molecule has 2 aliphatic carbocycles. The monoisotopic (exact) mass is 653 g/mol. The number of fused-ring (bicyclic) bond motifs is 3. The van der Waals surface area contributed by atoms with Crippen LogP contribution >= 0.6 is 0 Å². The number of hydrogen-bond acceptors (Lipinski definition) is 4. The summed E-state index contributed by atoms with van der Waals surface area (Å²) < 4.78 is 137. The Labute approximate surface area is 247 Å². The molecule has 0 aromatic heterocycles. The van der Waals surface area contributed by atoms with Gasteiger partial charge in [-0.05, 0) is 73.9 Å². The van der Waals surface area contributed by atoms with Crippen molar-refractivity contribution in [3.63, 3.8) is 0 Å². The Morgan fingerprint density at radius 3 is 2.00 bits per heavy atom. The lowest BCUT2D eigenvalue weighted by molar-refractivity contribution is -0.348. The summed E-state index contributed by atoms with van der Waals surface area (Å²) in [6.45, 7) is 1.47. The highest BCUT2D eigenvalue weighted by molar-refractivity contribution is 7.92. The van der Waals surface area contributed by atoms with Gasteiger partial charge in [-0.3, -0.25) is 9.59 Å². The van der Waals surface area contributed by atoms with Crippen LogP contribution in [0.1, 0.15) is 55.7 Å². The average Bonchev–Trinajstić information content (AvgIpc) is 3.47. The summed E-state index contributed by atoms with van der Waals surface area (Å²) in [5.74, 6) is -2.99. The van der Waals surface area contributed by atoms with Gasteiger partial charge in [-0.2, -0.15) is 26.3 Å². The van der Waals surface area contributed by atoms with Gasteiger partial charge >= 0.3 is 24.0 Å². The number of carbonyl (C=O) groups excluding carboxylic acids is 1. The number of carbonyl (C=O) groups is 2. The molecule has 0 spiro atoms. The van der Waals surface area contributed by atoms with E-state index in [2.05, 4.69) is 0 Å². The van der Waals surface area contributed by atoms with Crippen molar-refractivity contribution in [3.8, 4) is 0 Å². The first-order valence-corrected chi connectivity index (χ1v) is 15.2. The van der Waals surface area contributed by atoms with E-state index in [-0.39, 0.29) is 60.7 Å². The third-order valence-electron chi connectivity index (χ3n) is 9.61. The molecule has 1 heterocycles. The van der Waals surface area contributed by atoms with Gasteiger partial charge in [0.1, 0.15) is 10.6 Å². The summed E-state index contributed by atoms with van der Waals surface area (Å²) in [5, 5.41) is 9.36. The van der Waals surface area contributed by atoms with Gasteiger partial charge in [0.05, 0.1) is 16.9 Å². The van der Waals surface area contributed by atoms with Crippen LogP contribution in [-0.2, 0) is 36.3 Å². The van der Waals surface area contributed by atoms with Gasteiger partial charge in [0, 0.05) is 17.5 Å². The number of alkyl halides is 7. The predicted octanol–water partition coefficient (Wildman–Crippen LogP) is 6.22. The minimum Gasteiger partial charge on any atom is -0.481 e. The maximum absolute atomic E-state index is 15.0. The molecule has 2 unspecified atom stereocenters. The van der Waals surface area contributed by atoms with Gasteiger partial charge in [-0.25, -0.2) is 17.2 Å². The highest BCUT2D eigenvalue weighted by Gasteiger charge is 2.74. The Balaban J connectivity index is 1.64. The normalized spacial score (nSPS) is 27.6. The maximum atomic E-state index is 15.0. The standard InChI is InChI=1S/C29H27F8NO5S/c1-25(10-8-16(9-11-25)23(39)40)24(41)38-13-12-26(44(42,43)20-5-3-19(30)4-6-20)21-7-2-18(14-17(21)15-22(26)38)27(31,28(32,33)34)29(35,36)37/h2-7,14,16,22H,8-13,15H2,1H3,(H,39,40)/t16-,22?,25-,26?. The van der Waals surface area contributed by atoms with E-state index in [4.69, 9.17) is 0 Å². The molecule has 2 aromatic carbocycles. The summed E-state index contributed by atoms with van der Waals surface area (Å²) >= 11 is 0. The zero-order valence-electron chi connectivity index (χ0n) is 23.1. The van der Waals surface area contributed by atoms with Crippen LogP contribution < -0.4 is 0 Å². The molecule has 240 valence electrons. The number of benzene rings is 2. The van der Waals surface area contributed by atoms with E-state index in [0.717, 1.165) is 30.3 Å². The summed E-state index contributed by atoms with van der Waals surface area (Å²) in [6.07, 6.45) is -12.9. The minimum atomic E-state index is -6.39. The molecule has 1 saturated carbocycles. The van der Waals surface area contributed by atoms with Crippen molar-refractivity contribution in [1.29, 1.82) is 0 Å². The predicted molar refractivity (Wildman–Crippen MR) is 138 cm³/mol. The van der Waals surface area contributed by atoms with E-state index in [1.54, 1.807) is 6.92 Å². The summed E-state index contributed by atoms with van der Waals surface area (Å²) in [4.78, 5) is 26.3. The highest BCUT2D eigenvalue weighted by Crippen LogP contribution is 2.58. The minimum absolute atomic E-state index is 0.138. The van der Waals surface area contributed by atoms with Crippen molar-refractivity contribution < 1.29 is 58.2 Å². The van der Waals surface area contributed by atoms with Crippen LogP contribution in [0.3, 0.4) is 0 Å². The van der Waals surface area contributed by atoms with E-state index in [9.17, 15) is 53.8 Å². The van der Waals surface area contributed by atoms with Crippen LogP contribution in [0.2, 0.25) is 0 Å². The number of hydrogen-bond donors (Lipinski definition) is 1. The molecule has 1 aliphatic heterocycles. The van der Waals surface area contributed by atoms with Gasteiger partial charge in [-0.1, -0.05) is 25.1 Å². The van der Waals surface area contributed by atoms with E-state index in [0.29, 0.717) is 6.07 Å². The molecule has 5 rings (SSSR count). The van der Waals surface area contributed by atoms with Gasteiger partial charge in [0.2, 0.25) is 5.91 Å². The van der Waals surface area contributed by atoms with Gasteiger partial charge in [0.15, 0.2) is 9.84 Å². The number of halogens is 8. The fraction of sp³-hybridized carbons (Fsp3) is 0.517. The molecule has 2 fully saturated rings. The zero-order valence-corrected chi connectivity index (χ0v) is 23.9. The number of carboxylic acids is 1. The van der Waals surface area contributed by atoms with Crippen LogP contribution in [-0.4, -0.2) is 55.2 Å². The molecular weight excluding hydrogens is 626 g/mol. The number of aliphatic carboxylic acids is 1. The van der Waals surface area contributed by atoms with Crippen molar-refractivity contribution in [2.45, 2.75) is 79.2 Å². The second-order valence-electron chi connectivity index (χ2n) is 12.0. The highest BCUT2D eigenvalue weighted by atomic mass is 32.2. The van der Waals surface area contributed by atoms with E-state index >= 15 is 4.39 Å². The van der Waals surface area contributed by atoms with Crippen LogP contribution in [0.4, 0.5) is 35.1 Å². The van der Waals surface area contributed by atoms with Crippen molar-refractivity contribution >= 4 is 21.7 Å². The molecule has 15 heteroatoms. The van der Waals surface area contributed by atoms with Crippen LogP contribution in [0.5, 0.6) is 0 Å². The largest absolute Gasteiger partial charge is 0.481 e. The van der Waals surface area contributed by atoms with Crippen molar-refractivity contribution in [2.24, 2.45) is 11.3 Å². The molecule has 0 radical (unpaired) electrons. The molecule has 0 bridgehead atoms. The van der Waals surface area contributed by atoms with Gasteiger partial charge in [0.25, 0.3) is 0 Å². The van der Waals surface area contributed by atoms with E-state index in [1.807, 2.05) is 0 Å². The van der Waals surface area contributed by atoms with Crippen LogP contribution in [0.15, 0.2) is 47.4 Å². The second-order valence-corrected chi connectivity index (χ2v) is 14.2. The van der Waals surface area contributed by atoms with E-state index in [1.165, 1.54) is 4.90 Å². The number of amides is 1. The number of likely N-dealkylation sites (tertiary alicyclic amines) is 1. The van der Waals surface area contributed by atoms with E-state index < -0.39 is 79.7 Å². The Morgan fingerprint density at radius 1 is 0.909 bits per heavy atom. The number of carboxylic acid groups (broad SMARTS) is 1. The van der Waals surface area contributed by atoms with Crippen molar-refractivity contribution in [2.75, 3.05) is 6.54 Å². The molecule has 3 aliphatic rings. The van der Waals surface area contributed by atoms with Gasteiger partial charge in [-0.15, -0.1) is 0 Å². The average molecular weight is 654 g/mol. The summed E-state index contributed by atoms with van der Waals surface area (Å²) in [7, 11) is -4.59. The number of sulfone groups is 1. The Morgan fingerprint density at radius 2 is 1.48 bits per heavy atom. The smallest absolute Gasteiger partial charge is 0.435 e. The summed E-state index contributed by atoms with van der Waals surface area (Å²) in [6, 6.07) is 3.77. The fourth-order valence-electron chi connectivity index (χ4n) is 7.12. The molecule has 2 aromatic rings. The van der Waals surface area contributed by atoms with Crippen LogP contribution in [0, 0.1) is 17.2 Å². The molecule has 1 N–H and O–H groups in total. The molecule has 1 saturated heterocycles. The Kier molecular flexibility index (Phi) is 7.42. The van der Waals surface area contributed by atoms with Gasteiger partial charge < -0.3 is 10.0 Å². The maximum Gasteiger partial charge on any atom is 0.435 e. The number of nitrogens with zero attached hydrogens (tertiary/aromatic N) is 1. The lowest BCUT2D eigenvalue weighted by Crippen LogP contribution is -2.51. The van der Waals surface area contributed by atoms with Crippen molar-refractivity contribution in [1.82, 2.24) is 4.90 Å². The molecule has 6 nitrogen and oxygen atoms in total. The first-order chi connectivity index (χ1) is 20.2. The van der Waals surface area contributed by atoms with Crippen LogP contribution in [0.25, 0.3) is 0 Å². The topological polar surface area (TPSA) is 91.8 Å². The SMILES string of the molecule is C[C@]1(C(=O)N2CCC3(S(=O)(=O)c4ccc(F)cc4)c4ccc(C(F)(C(F)(F)F)C(F)(F)F)cc4CC23)CC[C@H](C(=O)O)CC1. The number of rotatable bonds is 5. The summed E-state index contributed by atoms with van der Waals surface area (Å²) in [5.41, 5.74) is -9.10. The quantitative estimate of drug-likeness (QED) is 0.306. The molecule has 1 amide bonds. The Bertz CT molecular complexity index is 1580. The van der Waals surface area contributed by atoms with Crippen molar-refractivity contribution in [3.05, 3.63) is 65.0 Å². The fourth-order valence-corrected chi connectivity index (χ4v) is 9.46. The third-order valence-corrected chi connectivity index (χ3v) is 12.2. The Hall–Kier alpha value is -3.23. The lowest BCUT2D eigenvalue weighted by atomic mass is 9.70. The lowest BCUT2D eigenvalue weighted by Gasteiger charge is -2.40. The molecule has 44 heavy (non-hydrogen) atoms. The molecular formula is C29H27F8NO5S. The third kappa shape index (κ3) is 4.51. The molecule has 2 atom stereocenters. The first kappa shape index (κ1) is 32.2. The second kappa shape index (κ2) is 10.1. The first-order valence-electron chi connectivity index (χ1n) is 13.7. The zero-order chi connectivity index (χ0) is 32.7.